The molecule has 0 aromatic heterocycles. The van der Waals surface area contributed by atoms with Crippen molar-refractivity contribution in [2.45, 2.75) is 25.6 Å². The number of hydrogen-bond acceptors (Lipinski definition) is 1. The van der Waals surface area contributed by atoms with Crippen molar-refractivity contribution < 1.29 is 4.74 Å². The predicted octanol–water partition coefficient (Wildman–Crippen LogP) is 4.07. The summed E-state index contributed by atoms with van der Waals surface area (Å²) in [5.74, 6) is 0.974. The van der Waals surface area contributed by atoms with Gasteiger partial charge in [-0.1, -0.05) is 72.9 Å². The monoisotopic (exact) mass is 270 g/mol. The van der Waals surface area contributed by atoms with E-state index in [9.17, 15) is 0 Å². The molecule has 2 aromatic carbocycles. The van der Waals surface area contributed by atoms with Gasteiger partial charge in [0.25, 0.3) is 0 Å². The summed E-state index contributed by atoms with van der Waals surface area (Å²) < 4.78 is 5.76. The van der Waals surface area contributed by atoms with Crippen LogP contribution in [0.25, 0.3) is 0 Å². The molecule has 2 rings (SSSR count). The normalized spacial score (nSPS) is 11.3. The van der Waals surface area contributed by atoms with Crippen molar-refractivity contribution in [2.24, 2.45) is 0 Å². The Hall–Kier alpha value is -1.54. The van der Waals surface area contributed by atoms with Crippen LogP contribution in [0.1, 0.15) is 6.42 Å². The van der Waals surface area contributed by atoms with Gasteiger partial charge in [0.05, 0.1) is 14.7 Å². The van der Waals surface area contributed by atoms with Crippen LogP contribution in [0.2, 0.25) is 19.1 Å². The molecule has 0 aliphatic carbocycles. The van der Waals surface area contributed by atoms with Crippen LogP contribution in [0.15, 0.2) is 60.7 Å². The van der Waals surface area contributed by atoms with Gasteiger partial charge in [-0.2, -0.15) is 0 Å². The number of rotatable bonds is 6. The molecule has 19 heavy (non-hydrogen) atoms. The number of ether oxygens (including phenoxy) is 1. The van der Waals surface area contributed by atoms with E-state index in [2.05, 4.69) is 43.4 Å². The van der Waals surface area contributed by atoms with Gasteiger partial charge < -0.3 is 4.74 Å². The fraction of sp³-hybridized carbons (Fsp3) is 0.294. The molecule has 2 heteroatoms. The summed E-state index contributed by atoms with van der Waals surface area (Å²) in [6, 6.07) is 22.2. The summed E-state index contributed by atoms with van der Waals surface area (Å²) in [6.45, 7) is 5.68. The molecule has 0 spiro atoms. The quantitative estimate of drug-likeness (QED) is 0.568. The van der Waals surface area contributed by atoms with Crippen LogP contribution >= 0.6 is 0 Å². The first-order chi connectivity index (χ1) is 9.18. The number of para-hydroxylation sites is 1. The van der Waals surface area contributed by atoms with E-state index in [0.717, 1.165) is 18.8 Å². The van der Waals surface area contributed by atoms with Gasteiger partial charge in [0.1, 0.15) is 5.75 Å². The first-order valence-corrected chi connectivity index (χ1v) is 10.1. The molecule has 0 saturated carbocycles. The zero-order chi connectivity index (χ0) is 13.6. The molecule has 0 aliphatic heterocycles. The van der Waals surface area contributed by atoms with Crippen LogP contribution in [-0.4, -0.2) is 14.7 Å². The molecular formula is C17H22OSi. The molecule has 0 amide bonds. The Balaban J connectivity index is 1.79. The number of benzene rings is 2. The molecule has 0 heterocycles. The van der Waals surface area contributed by atoms with Gasteiger partial charge in [-0.15, -0.1) is 0 Å². The fourth-order valence-electron chi connectivity index (χ4n) is 2.25. The summed E-state index contributed by atoms with van der Waals surface area (Å²) in [4.78, 5) is 0. The highest BCUT2D eigenvalue weighted by Gasteiger charge is 2.22. The first-order valence-electron chi connectivity index (χ1n) is 6.92. The minimum atomic E-state index is -1.30. The average Bonchev–Trinajstić information content (AvgIpc) is 2.46. The van der Waals surface area contributed by atoms with Gasteiger partial charge >= 0.3 is 0 Å². The van der Waals surface area contributed by atoms with Gasteiger partial charge in [0, 0.05) is 0 Å². The molecule has 0 unspecified atom stereocenters. The van der Waals surface area contributed by atoms with Gasteiger partial charge in [-0.3, -0.25) is 0 Å². The Morgan fingerprint density at radius 1 is 0.842 bits per heavy atom. The third kappa shape index (κ3) is 4.25. The van der Waals surface area contributed by atoms with Crippen LogP contribution in [0, 0.1) is 0 Å². The molecule has 0 bridgehead atoms. The highest BCUT2D eigenvalue weighted by atomic mass is 28.3. The van der Waals surface area contributed by atoms with Crippen molar-refractivity contribution >= 4 is 13.3 Å². The molecule has 1 nitrogen and oxygen atoms in total. The van der Waals surface area contributed by atoms with Crippen LogP contribution in [0.4, 0.5) is 0 Å². The highest BCUT2D eigenvalue weighted by molar-refractivity contribution is 6.89. The number of hydrogen-bond donors (Lipinski definition) is 0. The molecule has 2 aromatic rings. The lowest BCUT2D eigenvalue weighted by molar-refractivity contribution is 0.317. The molecule has 100 valence electrons. The molecule has 0 radical (unpaired) electrons. The Morgan fingerprint density at radius 3 is 2.05 bits per heavy atom. The van der Waals surface area contributed by atoms with Crippen LogP contribution in [0.3, 0.4) is 0 Å². The van der Waals surface area contributed by atoms with Gasteiger partial charge in [0.15, 0.2) is 0 Å². The van der Waals surface area contributed by atoms with E-state index in [1.165, 1.54) is 11.2 Å². The zero-order valence-electron chi connectivity index (χ0n) is 11.8. The summed E-state index contributed by atoms with van der Waals surface area (Å²) in [6.07, 6.45) is 1.13. The van der Waals surface area contributed by atoms with Gasteiger partial charge in [-0.05, 0) is 18.6 Å². The van der Waals surface area contributed by atoms with E-state index in [4.69, 9.17) is 4.74 Å². The first kappa shape index (κ1) is 13.9. The van der Waals surface area contributed by atoms with E-state index in [0.29, 0.717) is 0 Å². The second kappa shape index (κ2) is 6.57. The van der Waals surface area contributed by atoms with Crippen molar-refractivity contribution in [1.82, 2.24) is 0 Å². The second-order valence-corrected chi connectivity index (χ2v) is 10.4. The maximum atomic E-state index is 5.76. The lowest BCUT2D eigenvalue weighted by Crippen LogP contribution is -2.41. The van der Waals surface area contributed by atoms with Gasteiger partial charge in [-0.25, -0.2) is 0 Å². The molecule has 0 aliphatic rings. The molecule has 0 fully saturated rings. The van der Waals surface area contributed by atoms with E-state index in [1.807, 2.05) is 30.3 Å². The average molecular weight is 270 g/mol. The SMILES string of the molecule is C[Si](C)(CCCOc1ccccc1)c1ccccc1. The van der Waals surface area contributed by atoms with Crippen LogP contribution in [0.5, 0.6) is 5.75 Å². The minimum absolute atomic E-state index is 0.813. The molecule has 0 N–H and O–H groups in total. The minimum Gasteiger partial charge on any atom is -0.494 e. The van der Waals surface area contributed by atoms with E-state index < -0.39 is 8.07 Å². The Labute approximate surface area is 117 Å². The molecule has 0 atom stereocenters. The lowest BCUT2D eigenvalue weighted by Gasteiger charge is -2.22. The smallest absolute Gasteiger partial charge is 0.119 e. The van der Waals surface area contributed by atoms with Gasteiger partial charge in [0.2, 0.25) is 0 Å². The maximum Gasteiger partial charge on any atom is 0.119 e. The third-order valence-corrected chi connectivity index (χ3v) is 7.01. The van der Waals surface area contributed by atoms with Crippen molar-refractivity contribution in [3.63, 3.8) is 0 Å². The molecule has 0 saturated heterocycles. The summed E-state index contributed by atoms with van der Waals surface area (Å²) >= 11 is 0. The Kier molecular flexibility index (Phi) is 4.80. The Bertz CT molecular complexity index is 479. The molecular weight excluding hydrogens is 248 g/mol. The summed E-state index contributed by atoms with van der Waals surface area (Å²) in [7, 11) is -1.30. The highest BCUT2D eigenvalue weighted by Crippen LogP contribution is 2.14. The predicted molar refractivity (Wildman–Crippen MR) is 84.9 cm³/mol. The zero-order valence-corrected chi connectivity index (χ0v) is 12.8. The van der Waals surface area contributed by atoms with Crippen molar-refractivity contribution in [2.75, 3.05) is 6.61 Å². The summed E-state index contributed by atoms with van der Waals surface area (Å²) in [5, 5.41) is 1.54. The van der Waals surface area contributed by atoms with E-state index >= 15 is 0 Å². The van der Waals surface area contributed by atoms with Crippen LogP contribution < -0.4 is 9.92 Å². The third-order valence-electron chi connectivity index (χ3n) is 3.51. The van der Waals surface area contributed by atoms with Crippen molar-refractivity contribution in [1.29, 1.82) is 0 Å². The fourth-order valence-corrected chi connectivity index (χ4v) is 4.67. The maximum absolute atomic E-state index is 5.76. The largest absolute Gasteiger partial charge is 0.494 e. The second-order valence-electron chi connectivity index (χ2n) is 5.51. The lowest BCUT2D eigenvalue weighted by atomic mass is 10.3. The van der Waals surface area contributed by atoms with E-state index in [-0.39, 0.29) is 0 Å². The summed E-state index contributed by atoms with van der Waals surface area (Å²) in [5.41, 5.74) is 0. The Morgan fingerprint density at radius 2 is 1.42 bits per heavy atom. The van der Waals surface area contributed by atoms with Crippen molar-refractivity contribution in [3.8, 4) is 5.75 Å². The topological polar surface area (TPSA) is 9.23 Å². The van der Waals surface area contributed by atoms with Crippen molar-refractivity contribution in [3.05, 3.63) is 60.7 Å². The van der Waals surface area contributed by atoms with Crippen LogP contribution in [-0.2, 0) is 0 Å². The van der Waals surface area contributed by atoms with E-state index in [1.54, 1.807) is 0 Å². The standard InChI is InChI=1S/C17H22OSi/c1-19(2,17-12-7-4-8-13-17)15-9-14-18-16-10-5-3-6-11-16/h3-8,10-13H,9,14-15H2,1-2H3.